The third kappa shape index (κ3) is 3.58. The van der Waals surface area contributed by atoms with Gasteiger partial charge in [-0.05, 0) is 31.0 Å². The van der Waals surface area contributed by atoms with Crippen molar-refractivity contribution in [3.63, 3.8) is 0 Å². The highest BCUT2D eigenvalue weighted by Crippen LogP contribution is 2.30. The first-order valence-corrected chi connectivity index (χ1v) is 7.94. The fourth-order valence-corrected chi connectivity index (χ4v) is 3.12. The average molecular weight is 311 g/mol. The van der Waals surface area contributed by atoms with Crippen molar-refractivity contribution >= 4 is 0 Å². The highest BCUT2D eigenvalue weighted by Gasteiger charge is 2.27. The van der Waals surface area contributed by atoms with Crippen molar-refractivity contribution in [2.75, 3.05) is 13.7 Å². The molecular weight excluding hydrogens is 290 g/mol. The summed E-state index contributed by atoms with van der Waals surface area (Å²) in [5.41, 5.74) is 1.81. The Bertz CT molecular complexity index is 690. The lowest BCUT2D eigenvalue weighted by atomic mass is 9.99. The van der Waals surface area contributed by atoms with Gasteiger partial charge in [0.1, 0.15) is 6.61 Å². The lowest BCUT2D eigenvalue weighted by molar-refractivity contribution is 0.133. The first-order valence-electron chi connectivity index (χ1n) is 7.94. The van der Waals surface area contributed by atoms with E-state index in [9.17, 15) is 5.26 Å². The van der Waals surface area contributed by atoms with Crippen molar-refractivity contribution in [1.82, 2.24) is 20.1 Å². The van der Waals surface area contributed by atoms with Gasteiger partial charge in [0.2, 0.25) is 0 Å². The van der Waals surface area contributed by atoms with E-state index in [-0.39, 0.29) is 6.04 Å². The quantitative estimate of drug-likeness (QED) is 0.918. The van der Waals surface area contributed by atoms with Gasteiger partial charge in [0.25, 0.3) is 0 Å². The Hall–Kier alpha value is -2.23. The number of benzene rings is 1. The molecule has 1 N–H and O–H groups in total. The third-order valence-electron chi connectivity index (χ3n) is 4.25. The fraction of sp³-hybridized carbons (Fsp3) is 0.471. The molecule has 1 fully saturated rings. The van der Waals surface area contributed by atoms with Crippen LogP contribution in [0.15, 0.2) is 24.3 Å². The van der Waals surface area contributed by atoms with Gasteiger partial charge in [-0.25, -0.2) is 4.98 Å². The predicted molar refractivity (Wildman–Crippen MR) is 85.3 cm³/mol. The normalized spacial score (nSPS) is 18.7. The summed E-state index contributed by atoms with van der Waals surface area (Å²) in [6.45, 7) is 2.19. The molecule has 0 aliphatic carbocycles. The van der Waals surface area contributed by atoms with Crippen molar-refractivity contribution in [3.8, 4) is 6.07 Å². The van der Waals surface area contributed by atoms with E-state index in [1.54, 1.807) is 7.11 Å². The van der Waals surface area contributed by atoms with E-state index in [0.29, 0.717) is 6.61 Å². The van der Waals surface area contributed by atoms with E-state index < -0.39 is 0 Å². The summed E-state index contributed by atoms with van der Waals surface area (Å²) in [5, 5.41) is 16.6. The van der Waals surface area contributed by atoms with Crippen LogP contribution in [0, 0.1) is 11.3 Å². The number of aromatic nitrogens is 3. The molecule has 23 heavy (non-hydrogen) atoms. The number of nitrogens with one attached hydrogen (secondary N) is 1. The van der Waals surface area contributed by atoms with Gasteiger partial charge < -0.3 is 4.74 Å². The first kappa shape index (κ1) is 15.7. The third-order valence-corrected chi connectivity index (χ3v) is 4.25. The molecule has 0 spiro atoms. The lowest BCUT2D eigenvalue weighted by Gasteiger charge is -2.34. The topological polar surface area (TPSA) is 77.8 Å². The number of likely N-dealkylation sites (tertiary alicyclic amines) is 1. The number of hydrogen-bond donors (Lipinski definition) is 1. The molecule has 1 atom stereocenters. The lowest BCUT2D eigenvalue weighted by Crippen LogP contribution is -2.33. The molecule has 0 bridgehead atoms. The van der Waals surface area contributed by atoms with Crippen LogP contribution in [0.4, 0.5) is 0 Å². The van der Waals surface area contributed by atoms with Crippen LogP contribution >= 0.6 is 0 Å². The molecule has 6 heteroatoms. The first-order chi connectivity index (χ1) is 11.3. The SMILES string of the molecule is COCc1nc([C@H]2CCCCN2Cc2ccccc2C#N)n[nH]1. The molecule has 0 saturated carbocycles. The monoisotopic (exact) mass is 311 g/mol. The standard InChI is InChI=1S/C17H21N5O/c1-23-12-16-19-17(21-20-16)15-8-4-5-9-22(15)11-14-7-3-2-6-13(14)10-18/h2-3,6-7,15H,4-5,8-9,11-12H2,1H3,(H,19,20,21)/t15-/m1/s1. The molecular formula is C17H21N5O. The molecule has 3 rings (SSSR count). The van der Waals surface area contributed by atoms with Gasteiger partial charge in [0.05, 0.1) is 17.7 Å². The minimum atomic E-state index is 0.192. The number of rotatable bonds is 5. The maximum Gasteiger partial charge on any atom is 0.167 e. The molecule has 6 nitrogen and oxygen atoms in total. The molecule has 0 unspecified atom stereocenters. The number of hydrogen-bond acceptors (Lipinski definition) is 5. The summed E-state index contributed by atoms with van der Waals surface area (Å²) in [6.07, 6.45) is 3.38. The predicted octanol–water partition coefficient (Wildman–Crippen LogP) is 2.55. The molecule has 0 amide bonds. The van der Waals surface area contributed by atoms with Crippen molar-refractivity contribution < 1.29 is 4.74 Å². The Morgan fingerprint density at radius 3 is 3.09 bits per heavy atom. The minimum Gasteiger partial charge on any atom is -0.377 e. The van der Waals surface area contributed by atoms with Crippen LogP contribution in [0.2, 0.25) is 0 Å². The Morgan fingerprint density at radius 2 is 2.26 bits per heavy atom. The second-order valence-electron chi connectivity index (χ2n) is 5.82. The molecule has 0 radical (unpaired) electrons. The molecule has 2 aromatic rings. The Kier molecular flexibility index (Phi) is 5.01. The van der Waals surface area contributed by atoms with E-state index in [1.807, 2.05) is 24.3 Å². The van der Waals surface area contributed by atoms with Gasteiger partial charge in [0.15, 0.2) is 11.6 Å². The second kappa shape index (κ2) is 7.36. The zero-order chi connectivity index (χ0) is 16.1. The van der Waals surface area contributed by atoms with Crippen LogP contribution in [-0.2, 0) is 17.9 Å². The summed E-state index contributed by atoms with van der Waals surface area (Å²) in [5.74, 6) is 1.58. The highest BCUT2D eigenvalue weighted by atomic mass is 16.5. The van der Waals surface area contributed by atoms with Crippen LogP contribution in [-0.4, -0.2) is 33.7 Å². The van der Waals surface area contributed by atoms with E-state index in [0.717, 1.165) is 42.3 Å². The molecule has 2 heterocycles. The zero-order valence-electron chi connectivity index (χ0n) is 13.3. The molecule has 120 valence electrons. The number of ether oxygens (including phenoxy) is 1. The number of methoxy groups -OCH3 is 1. The fourth-order valence-electron chi connectivity index (χ4n) is 3.12. The van der Waals surface area contributed by atoms with Gasteiger partial charge >= 0.3 is 0 Å². The van der Waals surface area contributed by atoms with Crippen LogP contribution in [0.25, 0.3) is 0 Å². The molecule has 1 aliphatic rings. The smallest absolute Gasteiger partial charge is 0.167 e. The summed E-state index contributed by atoms with van der Waals surface area (Å²) in [6, 6.07) is 10.3. The van der Waals surface area contributed by atoms with E-state index >= 15 is 0 Å². The summed E-state index contributed by atoms with van der Waals surface area (Å²) < 4.78 is 5.10. The van der Waals surface area contributed by atoms with E-state index in [1.165, 1.54) is 12.8 Å². The van der Waals surface area contributed by atoms with Crippen molar-refractivity contribution in [2.24, 2.45) is 0 Å². The number of nitriles is 1. The van der Waals surface area contributed by atoms with Crippen molar-refractivity contribution in [1.29, 1.82) is 5.26 Å². The van der Waals surface area contributed by atoms with Crippen LogP contribution < -0.4 is 0 Å². The molecule has 1 saturated heterocycles. The van der Waals surface area contributed by atoms with Gasteiger partial charge in [-0.2, -0.15) is 10.4 Å². The maximum absolute atomic E-state index is 9.28. The molecule has 1 aromatic heterocycles. The number of nitrogens with zero attached hydrogens (tertiary/aromatic N) is 4. The maximum atomic E-state index is 9.28. The number of H-pyrrole nitrogens is 1. The van der Waals surface area contributed by atoms with Gasteiger partial charge in [0, 0.05) is 13.7 Å². The average Bonchev–Trinajstić information content (AvgIpc) is 3.05. The Morgan fingerprint density at radius 1 is 1.39 bits per heavy atom. The summed E-state index contributed by atoms with van der Waals surface area (Å²) in [4.78, 5) is 6.93. The van der Waals surface area contributed by atoms with Crippen LogP contribution in [0.5, 0.6) is 0 Å². The summed E-state index contributed by atoms with van der Waals surface area (Å²) in [7, 11) is 1.65. The highest BCUT2D eigenvalue weighted by molar-refractivity contribution is 5.37. The summed E-state index contributed by atoms with van der Waals surface area (Å²) >= 11 is 0. The van der Waals surface area contributed by atoms with E-state index in [4.69, 9.17) is 4.74 Å². The van der Waals surface area contributed by atoms with Crippen molar-refractivity contribution in [3.05, 3.63) is 47.0 Å². The zero-order valence-corrected chi connectivity index (χ0v) is 13.3. The number of aromatic amines is 1. The van der Waals surface area contributed by atoms with Gasteiger partial charge in [-0.15, -0.1) is 0 Å². The van der Waals surface area contributed by atoms with Gasteiger partial charge in [-0.3, -0.25) is 10.00 Å². The molecule has 1 aliphatic heterocycles. The van der Waals surface area contributed by atoms with E-state index in [2.05, 4.69) is 26.2 Å². The van der Waals surface area contributed by atoms with Crippen LogP contribution in [0.3, 0.4) is 0 Å². The Labute approximate surface area is 136 Å². The largest absolute Gasteiger partial charge is 0.377 e. The van der Waals surface area contributed by atoms with Crippen LogP contribution in [0.1, 0.15) is 48.1 Å². The van der Waals surface area contributed by atoms with Gasteiger partial charge in [-0.1, -0.05) is 24.6 Å². The Balaban J connectivity index is 1.79. The second-order valence-corrected chi connectivity index (χ2v) is 5.82. The minimum absolute atomic E-state index is 0.192. The number of piperidine rings is 1. The molecule has 1 aromatic carbocycles. The van der Waals surface area contributed by atoms with Crippen molar-refractivity contribution in [2.45, 2.75) is 38.5 Å².